The summed E-state index contributed by atoms with van der Waals surface area (Å²) < 4.78 is 11.3. The molecule has 2 aromatic carbocycles. The number of carbonyl (C=O) groups is 1. The molecule has 152 valence electrons. The van der Waals surface area contributed by atoms with Crippen molar-refractivity contribution in [3.8, 4) is 5.75 Å². The molecule has 1 saturated heterocycles. The third-order valence-electron chi connectivity index (χ3n) is 4.56. The van der Waals surface area contributed by atoms with Gasteiger partial charge in [0.1, 0.15) is 12.4 Å². The zero-order chi connectivity index (χ0) is 20.3. The van der Waals surface area contributed by atoms with E-state index in [0.717, 1.165) is 35.5 Å². The van der Waals surface area contributed by atoms with Gasteiger partial charge in [0.15, 0.2) is 0 Å². The molecule has 6 nitrogen and oxygen atoms in total. The van der Waals surface area contributed by atoms with Gasteiger partial charge < -0.3 is 9.47 Å². The second-order valence-electron chi connectivity index (χ2n) is 6.82. The van der Waals surface area contributed by atoms with Gasteiger partial charge in [-0.25, -0.2) is 5.43 Å². The number of morpholine rings is 1. The predicted octanol–water partition coefficient (Wildman–Crippen LogP) is 2.78. The molecular weight excluding hydrogens is 366 g/mol. The maximum Gasteiger partial charge on any atom is 0.254 e. The predicted molar refractivity (Wildman–Crippen MR) is 114 cm³/mol. The third kappa shape index (κ3) is 6.85. The van der Waals surface area contributed by atoms with Crippen LogP contribution in [0, 0.1) is 0 Å². The molecule has 1 aliphatic rings. The highest BCUT2D eigenvalue weighted by Gasteiger charge is 2.13. The summed E-state index contributed by atoms with van der Waals surface area (Å²) in [6.45, 7) is 7.54. The topological polar surface area (TPSA) is 63.2 Å². The van der Waals surface area contributed by atoms with Gasteiger partial charge in [-0.3, -0.25) is 9.69 Å². The molecule has 0 aliphatic carbocycles. The van der Waals surface area contributed by atoms with Crippen molar-refractivity contribution in [2.24, 2.45) is 5.10 Å². The van der Waals surface area contributed by atoms with Gasteiger partial charge in [0.2, 0.25) is 0 Å². The number of nitrogens with one attached hydrogen (secondary N) is 1. The first-order chi connectivity index (χ1) is 14.2. The maximum absolute atomic E-state index is 12.0. The van der Waals surface area contributed by atoms with Gasteiger partial charge in [0, 0.05) is 13.1 Å². The lowest BCUT2D eigenvalue weighted by molar-refractivity contribution is -0.123. The first kappa shape index (κ1) is 20.8. The Morgan fingerprint density at radius 2 is 2.00 bits per heavy atom. The minimum absolute atomic E-state index is 0.128. The molecule has 1 aliphatic heterocycles. The van der Waals surface area contributed by atoms with Crippen LogP contribution in [0.4, 0.5) is 0 Å². The Morgan fingerprint density at radius 1 is 1.21 bits per heavy atom. The lowest BCUT2D eigenvalue weighted by atomic mass is 10.1. The minimum atomic E-state index is -0.128. The van der Waals surface area contributed by atoms with Crippen molar-refractivity contribution < 1.29 is 14.3 Å². The van der Waals surface area contributed by atoms with Gasteiger partial charge in [-0.1, -0.05) is 36.4 Å². The lowest BCUT2D eigenvalue weighted by Gasteiger charge is -2.25. The number of allylic oxidation sites excluding steroid dienone is 1. The molecule has 6 heteroatoms. The van der Waals surface area contributed by atoms with Crippen molar-refractivity contribution in [3.63, 3.8) is 0 Å². The van der Waals surface area contributed by atoms with E-state index >= 15 is 0 Å². The Bertz CT molecular complexity index is 831. The van der Waals surface area contributed by atoms with Crippen LogP contribution in [0.5, 0.6) is 5.75 Å². The normalized spacial score (nSPS) is 14.6. The average molecular weight is 393 g/mol. The van der Waals surface area contributed by atoms with E-state index in [4.69, 9.17) is 9.47 Å². The Labute approximate surface area is 171 Å². The summed E-state index contributed by atoms with van der Waals surface area (Å²) >= 11 is 0. The molecule has 0 aromatic heterocycles. The Hall–Kier alpha value is -2.96. The molecule has 0 radical (unpaired) electrons. The van der Waals surface area contributed by atoms with Crippen molar-refractivity contribution in [1.29, 1.82) is 0 Å². The molecule has 1 fully saturated rings. The molecule has 0 saturated carbocycles. The van der Waals surface area contributed by atoms with Crippen molar-refractivity contribution in [2.45, 2.75) is 13.0 Å². The van der Waals surface area contributed by atoms with E-state index in [9.17, 15) is 4.79 Å². The van der Waals surface area contributed by atoms with Gasteiger partial charge >= 0.3 is 0 Å². The van der Waals surface area contributed by atoms with Crippen LogP contribution in [-0.2, 0) is 22.6 Å². The zero-order valence-corrected chi connectivity index (χ0v) is 16.5. The number of carbonyl (C=O) groups excluding carboxylic acids is 1. The van der Waals surface area contributed by atoms with Crippen LogP contribution in [0.25, 0.3) is 0 Å². The van der Waals surface area contributed by atoms with E-state index in [0.29, 0.717) is 32.8 Å². The van der Waals surface area contributed by atoms with Gasteiger partial charge in [-0.05, 0) is 41.3 Å². The van der Waals surface area contributed by atoms with E-state index in [-0.39, 0.29) is 5.91 Å². The zero-order valence-electron chi connectivity index (χ0n) is 16.5. The largest absolute Gasteiger partial charge is 0.489 e. The van der Waals surface area contributed by atoms with Crippen molar-refractivity contribution in [3.05, 3.63) is 77.9 Å². The van der Waals surface area contributed by atoms with Gasteiger partial charge in [-0.2, -0.15) is 5.10 Å². The first-order valence-corrected chi connectivity index (χ1v) is 9.77. The number of hydrazone groups is 1. The number of amides is 1. The fraction of sp³-hybridized carbons (Fsp3) is 0.304. The van der Waals surface area contributed by atoms with E-state index < -0.39 is 0 Å². The molecular formula is C23H27N3O3. The van der Waals surface area contributed by atoms with E-state index in [1.807, 2.05) is 54.6 Å². The van der Waals surface area contributed by atoms with Gasteiger partial charge in [0.05, 0.1) is 26.0 Å². The Kier molecular flexibility index (Phi) is 7.98. The van der Waals surface area contributed by atoms with Crippen LogP contribution in [0.3, 0.4) is 0 Å². The first-order valence-electron chi connectivity index (χ1n) is 9.77. The number of hydrogen-bond acceptors (Lipinski definition) is 5. The summed E-state index contributed by atoms with van der Waals surface area (Å²) in [5.74, 6) is 0.694. The van der Waals surface area contributed by atoms with Crippen molar-refractivity contribution >= 4 is 12.1 Å². The van der Waals surface area contributed by atoms with Gasteiger partial charge in [0.25, 0.3) is 5.91 Å². The van der Waals surface area contributed by atoms with Gasteiger partial charge in [-0.15, -0.1) is 6.58 Å². The Balaban J connectivity index is 1.56. The molecule has 0 atom stereocenters. The third-order valence-corrected chi connectivity index (χ3v) is 4.56. The highest BCUT2D eigenvalue weighted by Crippen LogP contribution is 2.22. The van der Waals surface area contributed by atoms with Crippen LogP contribution >= 0.6 is 0 Å². The number of hydrogen-bond donors (Lipinski definition) is 1. The van der Waals surface area contributed by atoms with Crippen LogP contribution in [0.15, 0.2) is 66.3 Å². The summed E-state index contributed by atoms with van der Waals surface area (Å²) in [5, 5.41) is 4.08. The van der Waals surface area contributed by atoms with E-state index in [1.54, 1.807) is 6.21 Å². The molecule has 0 bridgehead atoms. The molecule has 1 heterocycles. The van der Waals surface area contributed by atoms with Crippen LogP contribution in [0.1, 0.15) is 16.7 Å². The fourth-order valence-corrected chi connectivity index (χ4v) is 3.05. The van der Waals surface area contributed by atoms with Crippen LogP contribution in [-0.4, -0.2) is 49.9 Å². The Morgan fingerprint density at radius 3 is 2.76 bits per heavy atom. The monoisotopic (exact) mass is 393 g/mol. The molecule has 0 unspecified atom stereocenters. The highest BCUT2D eigenvalue weighted by atomic mass is 16.5. The average Bonchev–Trinajstić information content (AvgIpc) is 2.75. The smallest absolute Gasteiger partial charge is 0.254 e. The standard InChI is InChI=1S/C23H27N3O3/c1-2-6-21-15-20(9-10-22(21)29-18-19-7-4-3-5-8-19)16-24-25-23(27)17-26-11-13-28-14-12-26/h2-5,7-10,15-16H,1,6,11-14,17-18H2,(H,25,27)/b24-16+. The lowest BCUT2D eigenvalue weighted by Crippen LogP contribution is -2.42. The summed E-state index contributed by atoms with van der Waals surface area (Å²) in [4.78, 5) is 14.1. The second kappa shape index (κ2) is 11.1. The number of rotatable bonds is 9. The van der Waals surface area contributed by atoms with Crippen molar-refractivity contribution in [2.75, 3.05) is 32.8 Å². The SMILES string of the molecule is C=CCc1cc(/C=N/NC(=O)CN2CCOCC2)ccc1OCc1ccccc1. The quantitative estimate of drug-likeness (QED) is 0.404. The molecule has 3 rings (SSSR count). The number of ether oxygens (including phenoxy) is 2. The summed E-state index contributed by atoms with van der Waals surface area (Å²) in [6, 6.07) is 15.9. The molecule has 2 aromatic rings. The minimum Gasteiger partial charge on any atom is -0.489 e. The van der Waals surface area contributed by atoms with Crippen LogP contribution < -0.4 is 10.2 Å². The summed E-state index contributed by atoms with van der Waals surface area (Å²) in [7, 11) is 0. The van der Waals surface area contributed by atoms with E-state index in [2.05, 4.69) is 22.0 Å². The molecule has 1 amide bonds. The molecule has 0 spiro atoms. The number of nitrogens with zero attached hydrogens (tertiary/aromatic N) is 2. The fourth-order valence-electron chi connectivity index (χ4n) is 3.05. The van der Waals surface area contributed by atoms with Crippen LogP contribution in [0.2, 0.25) is 0 Å². The van der Waals surface area contributed by atoms with E-state index in [1.165, 1.54) is 0 Å². The maximum atomic E-state index is 12.0. The summed E-state index contributed by atoms with van der Waals surface area (Å²) in [5.41, 5.74) is 5.62. The molecule has 29 heavy (non-hydrogen) atoms. The number of benzene rings is 2. The highest BCUT2D eigenvalue weighted by molar-refractivity contribution is 5.83. The van der Waals surface area contributed by atoms with Crippen molar-refractivity contribution in [1.82, 2.24) is 10.3 Å². The molecule has 1 N–H and O–H groups in total. The second-order valence-corrected chi connectivity index (χ2v) is 6.82. The summed E-state index contributed by atoms with van der Waals surface area (Å²) in [6.07, 6.45) is 4.18.